The van der Waals surface area contributed by atoms with E-state index in [1.54, 1.807) is 0 Å². The molecule has 1 heterocycles. The fourth-order valence-electron chi connectivity index (χ4n) is 0.532. The van der Waals surface area contributed by atoms with Crippen molar-refractivity contribution in [2.24, 2.45) is 0 Å². The molecule has 0 aromatic rings. The molecule has 0 aliphatic carbocycles. The van der Waals surface area contributed by atoms with Crippen molar-refractivity contribution in [3.63, 3.8) is 0 Å². The molecule has 0 aromatic carbocycles. The van der Waals surface area contributed by atoms with Gasteiger partial charge >= 0.3 is 7.12 Å². The normalized spacial score (nSPS) is 19.3. The van der Waals surface area contributed by atoms with Crippen molar-refractivity contribution in [2.45, 2.75) is 6.10 Å². The molecule has 0 unspecified atom stereocenters. The maximum Gasteiger partial charge on any atom is 0.479 e. The van der Waals surface area contributed by atoms with E-state index in [-0.39, 0.29) is 12.6 Å². The van der Waals surface area contributed by atoms with Crippen LogP contribution in [0.15, 0.2) is 0 Å². The Morgan fingerprint density at radius 3 is 2.56 bits per heavy atom. The summed E-state index contributed by atoms with van der Waals surface area (Å²) in [4.78, 5) is 0. The maximum absolute atomic E-state index is 8.31. The molecule has 52 valence electrons. The number of hydrogen-bond acceptors (Lipinski definition) is 4. The number of hydrogen-bond donors (Lipinski definition) is 2. The SMILES string of the molecule is OB(O)COC1COC1. The zero-order valence-electron chi connectivity index (χ0n) is 4.99. The van der Waals surface area contributed by atoms with Gasteiger partial charge in [-0.25, -0.2) is 0 Å². The summed E-state index contributed by atoms with van der Waals surface area (Å²) in [6.07, 6.45) is 0.0757. The van der Waals surface area contributed by atoms with Crippen LogP contribution in [0.25, 0.3) is 0 Å². The van der Waals surface area contributed by atoms with Gasteiger partial charge in [-0.2, -0.15) is 0 Å². The Hall–Kier alpha value is -0.0951. The van der Waals surface area contributed by atoms with Crippen molar-refractivity contribution in [2.75, 3.05) is 19.7 Å². The minimum Gasteiger partial charge on any atom is -0.426 e. The van der Waals surface area contributed by atoms with Crippen LogP contribution in [0, 0.1) is 0 Å². The zero-order chi connectivity index (χ0) is 6.69. The first-order valence-corrected chi connectivity index (χ1v) is 2.84. The van der Waals surface area contributed by atoms with Gasteiger partial charge in [-0.3, -0.25) is 0 Å². The van der Waals surface area contributed by atoms with E-state index in [1.807, 2.05) is 0 Å². The third kappa shape index (κ3) is 2.32. The average Bonchev–Trinajstić information content (AvgIpc) is 1.60. The second-order valence-electron chi connectivity index (χ2n) is 1.97. The van der Waals surface area contributed by atoms with Crippen molar-refractivity contribution in [1.29, 1.82) is 0 Å². The highest BCUT2D eigenvalue weighted by atomic mass is 16.6. The van der Waals surface area contributed by atoms with Gasteiger partial charge in [0, 0.05) is 0 Å². The lowest BCUT2D eigenvalue weighted by Gasteiger charge is -2.25. The molecule has 0 atom stereocenters. The summed E-state index contributed by atoms with van der Waals surface area (Å²) in [6.45, 7) is 1.13. The third-order valence-corrected chi connectivity index (χ3v) is 1.09. The first-order valence-electron chi connectivity index (χ1n) is 2.84. The van der Waals surface area contributed by atoms with Crippen molar-refractivity contribution in [3.8, 4) is 0 Å². The molecule has 5 heteroatoms. The van der Waals surface area contributed by atoms with Crippen LogP contribution in [-0.2, 0) is 9.47 Å². The third-order valence-electron chi connectivity index (χ3n) is 1.09. The van der Waals surface area contributed by atoms with Gasteiger partial charge in [-0.05, 0) is 0 Å². The Morgan fingerprint density at radius 2 is 2.22 bits per heavy atom. The van der Waals surface area contributed by atoms with Crippen LogP contribution in [-0.4, -0.2) is 43.0 Å². The second-order valence-corrected chi connectivity index (χ2v) is 1.97. The minimum absolute atomic E-state index is 0.0198. The maximum atomic E-state index is 8.31. The van der Waals surface area contributed by atoms with E-state index in [2.05, 4.69) is 0 Å². The summed E-state index contributed by atoms with van der Waals surface area (Å²) in [5, 5.41) is 16.6. The van der Waals surface area contributed by atoms with Gasteiger partial charge in [0.25, 0.3) is 0 Å². The zero-order valence-corrected chi connectivity index (χ0v) is 4.99. The van der Waals surface area contributed by atoms with Crippen LogP contribution >= 0.6 is 0 Å². The van der Waals surface area contributed by atoms with Gasteiger partial charge in [0.15, 0.2) is 0 Å². The van der Waals surface area contributed by atoms with Gasteiger partial charge in [-0.1, -0.05) is 0 Å². The van der Waals surface area contributed by atoms with Gasteiger partial charge in [0.05, 0.1) is 19.7 Å². The van der Waals surface area contributed by atoms with E-state index in [4.69, 9.17) is 19.5 Å². The lowest BCUT2D eigenvalue weighted by atomic mass is 9.95. The second kappa shape index (κ2) is 3.17. The van der Waals surface area contributed by atoms with Crippen LogP contribution < -0.4 is 0 Å². The van der Waals surface area contributed by atoms with Crippen molar-refractivity contribution in [1.82, 2.24) is 0 Å². The number of ether oxygens (including phenoxy) is 2. The molecule has 0 spiro atoms. The molecule has 0 aromatic heterocycles. The molecule has 1 saturated heterocycles. The molecule has 0 amide bonds. The molecular weight excluding hydrogens is 123 g/mol. The molecule has 1 rings (SSSR count). The summed E-state index contributed by atoms with van der Waals surface area (Å²) >= 11 is 0. The van der Waals surface area contributed by atoms with Crippen molar-refractivity contribution < 1.29 is 19.5 Å². The van der Waals surface area contributed by atoms with Gasteiger partial charge in [-0.15, -0.1) is 0 Å². The first kappa shape index (κ1) is 7.02. The van der Waals surface area contributed by atoms with Gasteiger partial charge in [0.1, 0.15) is 6.10 Å². The molecule has 0 bridgehead atoms. The molecule has 1 aliphatic heterocycles. The average molecular weight is 132 g/mol. The van der Waals surface area contributed by atoms with Crippen molar-refractivity contribution >= 4 is 7.12 Å². The molecule has 2 N–H and O–H groups in total. The lowest BCUT2D eigenvalue weighted by Crippen LogP contribution is -2.38. The fourth-order valence-corrected chi connectivity index (χ4v) is 0.532. The van der Waals surface area contributed by atoms with Crippen LogP contribution in [0.5, 0.6) is 0 Å². The quantitative estimate of drug-likeness (QED) is 0.454. The summed E-state index contributed by atoms with van der Waals surface area (Å²) in [5.74, 6) is 0. The molecular formula is C4H9BO4. The van der Waals surface area contributed by atoms with E-state index in [0.29, 0.717) is 13.2 Å². The predicted molar refractivity (Wildman–Crippen MR) is 30.8 cm³/mol. The molecule has 9 heavy (non-hydrogen) atoms. The van der Waals surface area contributed by atoms with Crippen LogP contribution in [0.1, 0.15) is 0 Å². The standard InChI is InChI=1S/C4H9BO4/c6-5(7)3-9-4-1-8-2-4/h4,6-7H,1-3H2. The predicted octanol–water partition coefficient (Wildman–Crippen LogP) is -1.59. The van der Waals surface area contributed by atoms with E-state index >= 15 is 0 Å². The molecule has 1 aliphatic rings. The highest BCUT2D eigenvalue weighted by molar-refractivity contribution is 6.40. The van der Waals surface area contributed by atoms with Gasteiger partial charge < -0.3 is 19.5 Å². The van der Waals surface area contributed by atoms with Gasteiger partial charge in [0.2, 0.25) is 0 Å². The molecule has 0 radical (unpaired) electrons. The van der Waals surface area contributed by atoms with E-state index in [0.717, 1.165) is 0 Å². The molecule has 4 nitrogen and oxygen atoms in total. The minimum atomic E-state index is -1.36. The number of rotatable bonds is 3. The summed E-state index contributed by atoms with van der Waals surface area (Å²) in [7, 11) is -1.36. The lowest BCUT2D eigenvalue weighted by molar-refractivity contribution is -0.122. The Balaban J connectivity index is 1.91. The van der Waals surface area contributed by atoms with Crippen LogP contribution in [0.3, 0.4) is 0 Å². The largest absolute Gasteiger partial charge is 0.479 e. The first-order chi connectivity index (χ1) is 4.29. The smallest absolute Gasteiger partial charge is 0.426 e. The highest BCUT2D eigenvalue weighted by Gasteiger charge is 2.20. The van der Waals surface area contributed by atoms with Crippen LogP contribution in [0.4, 0.5) is 0 Å². The monoisotopic (exact) mass is 132 g/mol. The van der Waals surface area contributed by atoms with Crippen molar-refractivity contribution in [3.05, 3.63) is 0 Å². The highest BCUT2D eigenvalue weighted by Crippen LogP contribution is 2.04. The van der Waals surface area contributed by atoms with Crippen LogP contribution in [0.2, 0.25) is 0 Å². The Labute approximate surface area is 53.5 Å². The fraction of sp³-hybridized carbons (Fsp3) is 1.00. The Kier molecular flexibility index (Phi) is 2.47. The van der Waals surface area contributed by atoms with E-state index < -0.39 is 7.12 Å². The topological polar surface area (TPSA) is 58.9 Å². The summed E-state index contributed by atoms with van der Waals surface area (Å²) in [6, 6.07) is 0. The Bertz CT molecular complexity index is 82.6. The Morgan fingerprint density at radius 1 is 1.56 bits per heavy atom. The molecule has 1 fully saturated rings. The van der Waals surface area contributed by atoms with E-state index in [9.17, 15) is 0 Å². The summed E-state index contributed by atoms with van der Waals surface area (Å²) in [5.41, 5.74) is 0. The summed E-state index contributed by atoms with van der Waals surface area (Å²) < 4.78 is 9.69. The van der Waals surface area contributed by atoms with E-state index in [1.165, 1.54) is 0 Å². The molecule has 0 saturated carbocycles.